The monoisotopic (exact) mass is 370 g/mol. The first-order valence-electron chi connectivity index (χ1n) is 8.57. The van der Waals surface area contributed by atoms with Crippen molar-refractivity contribution in [3.63, 3.8) is 0 Å². The van der Waals surface area contributed by atoms with Gasteiger partial charge in [0.05, 0.1) is 5.75 Å². The summed E-state index contributed by atoms with van der Waals surface area (Å²) in [5.74, 6) is 0.198. The molecule has 7 heteroatoms. The Morgan fingerprint density at radius 2 is 1.76 bits per heavy atom. The number of carbonyl (C=O) groups excluding carboxylic acids is 1. The number of carbonyl (C=O) groups is 1. The number of hydrogen-bond donors (Lipinski definition) is 1. The maximum Gasteiger partial charge on any atom is 0.318 e. The Bertz CT molecular complexity index is 663. The normalized spacial score (nSPS) is 13.2. The van der Waals surface area contributed by atoms with E-state index in [2.05, 4.69) is 5.32 Å². The molecule has 0 saturated carbocycles. The number of nitrogens with one attached hydrogen (secondary N) is 1. The molecule has 0 bridgehead atoms. The third-order valence-electron chi connectivity index (χ3n) is 3.72. The van der Waals surface area contributed by atoms with Crippen molar-refractivity contribution >= 4 is 16.1 Å². The first-order valence-corrected chi connectivity index (χ1v) is 10.1. The van der Waals surface area contributed by atoms with Gasteiger partial charge in [0.25, 0.3) is 0 Å². The summed E-state index contributed by atoms with van der Waals surface area (Å²) in [6.45, 7) is 11.8. The second-order valence-corrected chi connectivity index (χ2v) is 9.00. The Kier molecular flexibility index (Phi) is 7.29. The van der Waals surface area contributed by atoms with Crippen LogP contribution in [0.15, 0.2) is 24.3 Å². The minimum atomic E-state index is -3.53. The van der Waals surface area contributed by atoms with Crippen LogP contribution in [-0.2, 0) is 16.7 Å². The molecule has 6 nitrogen and oxygen atoms in total. The molecular formula is C18H30N2O4S. The molecule has 0 aliphatic heterocycles. The van der Waals surface area contributed by atoms with Gasteiger partial charge in [0.2, 0.25) is 0 Å². The van der Waals surface area contributed by atoms with Crippen LogP contribution < -0.4 is 9.50 Å². The van der Waals surface area contributed by atoms with Crippen LogP contribution in [0, 0.1) is 0 Å². The fourth-order valence-electron chi connectivity index (χ4n) is 2.09. The first kappa shape index (κ1) is 21.3. The van der Waals surface area contributed by atoms with E-state index in [1.807, 2.05) is 34.6 Å². The van der Waals surface area contributed by atoms with Crippen LogP contribution in [0.5, 0.6) is 5.75 Å². The Morgan fingerprint density at radius 1 is 1.20 bits per heavy atom. The van der Waals surface area contributed by atoms with Gasteiger partial charge in [0, 0.05) is 18.1 Å². The zero-order chi connectivity index (χ0) is 19.3. The van der Waals surface area contributed by atoms with Crippen LogP contribution in [0.25, 0.3) is 0 Å². The average Bonchev–Trinajstić information content (AvgIpc) is 2.51. The summed E-state index contributed by atoms with van der Waals surface area (Å²) in [5, 5.41) is 2.99. The summed E-state index contributed by atoms with van der Waals surface area (Å²) >= 11 is 0. The zero-order valence-corrected chi connectivity index (χ0v) is 16.8. The molecule has 0 spiro atoms. The molecule has 1 atom stereocenters. The van der Waals surface area contributed by atoms with Crippen LogP contribution in [-0.4, -0.2) is 36.7 Å². The van der Waals surface area contributed by atoms with Crippen molar-refractivity contribution < 1.29 is 17.4 Å². The van der Waals surface area contributed by atoms with Gasteiger partial charge in [0.1, 0.15) is 5.75 Å². The summed E-state index contributed by atoms with van der Waals surface area (Å²) in [7, 11) is -3.53. The van der Waals surface area contributed by atoms with E-state index in [-0.39, 0.29) is 29.1 Å². The zero-order valence-electron chi connectivity index (χ0n) is 16.0. The van der Waals surface area contributed by atoms with Crippen molar-refractivity contribution in [1.29, 1.82) is 0 Å². The van der Waals surface area contributed by atoms with Gasteiger partial charge in [0.15, 0.2) is 0 Å². The summed E-state index contributed by atoms with van der Waals surface area (Å²) in [4.78, 5) is 14.3. The highest BCUT2D eigenvalue weighted by molar-refractivity contribution is 7.87. The first-order chi connectivity index (χ1) is 11.5. The van der Waals surface area contributed by atoms with Crippen LogP contribution in [0.4, 0.5) is 4.79 Å². The molecule has 2 amide bonds. The van der Waals surface area contributed by atoms with Gasteiger partial charge < -0.3 is 14.4 Å². The molecular weight excluding hydrogens is 340 g/mol. The molecule has 0 aromatic heterocycles. The Morgan fingerprint density at radius 3 is 2.20 bits per heavy atom. The number of rotatable bonds is 7. The molecule has 1 aromatic carbocycles. The van der Waals surface area contributed by atoms with Crippen LogP contribution in [0.1, 0.15) is 53.5 Å². The smallest absolute Gasteiger partial charge is 0.318 e. The minimum absolute atomic E-state index is 0.0798. The lowest BCUT2D eigenvalue weighted by atomic mass is 10.1. The van der Waals surface area contributed by atoms with Crippen molar-refractivity contribution in [3.05, 3.63) is 29.8 Å². The minimum Gasteiger partial charge on any atom is -0.382 e. The maximum atomic E-state index is 12.6. The molecule has 1 rings (SSSR count). The van der Waals surface area contributed by atoms with E-state index in [1.54, 1.807) is 29.2 Å². The topological polar surface area (TPSA) is 75.7 Å². The van der Waals surface area contributed by atoms with E-state index in [9.17, 15) is 13.2 Å². The molecule has 0 aliphatic rings. The fraction of sp³-hybridized carbons (Fsp3) is 0.611. The molecule has 0 heterocycles. The van der Waals surface area contributed by atoms with Crippen LogP contribution in [0.2, 0.25) is 0 Å². The number of nitrogens with zero attached hydrogens (tertiary/aromatic N) is 1. The lowest BCUT2D eigenvalue weighted by Gasteiger charge is -2.32. The highest BCUT2D eigenvalue weighted by Gasteiger charge is 2.23. The van der Waals surface area contributed by atoms with Gasteiger partial charge in [-0.05, 0) is 58.7 Å². The summed E-state index contributed by atoms with van der Waals surface area (Å²) in [6, 6.07) is 6.74. The van der Waals surface area contributed by atoms with Crippen molar-refractivity contribution in [3.8, 4) is 5.75 Å². The second kappa shape index (κ2) is 8.56. The third-order valence-corrected chi connectivity index (χ3v) is 4.87. The van der Waals surface area contributed by atoms with Crippen molar-refractivity contribution in [2.24, 2.45) is 0 Å². The highest BCUT2D eigenvalue weighted by Crippen LogP contribution is 2.18. The van der Waals surface area contributed by atoms with Gasteiger partial charge in [-0.1, -0.05) is 19.1 Å². The predicted molar refractivity (Wildman–Crippen MR) is 100 cm³/mol. The maximum absolute atomic E-state index is 12.6. The van der Waals surface area contributed by atoms with Gasteiger partial charge >= 0.3 is 16.1 Å². The summed E-state index contributed by atoms with van der Waals surface area (Å²) < 4.78 is 28.0. The highest BCUT2D eigenvalue weighted by atomic mass is 32.2. The number of benzene rings is 1. The van der Waals surface area contributed by atoms with E-state index in [1.165, 1.54) is 6.92 Å². The van der Waals surface area contributed by atoms with E-state index in [0.717, 1.165) is 12.0 Å². The fourth-order valence-corrected chi connectivity index (χ4v) is 2.62. The van der Waals surface area contributed by atoms with Gasteiger partial charge in [-0.2, -0.15) is 8.42 Å². The Hall–Kier alpha value is -1.76. The van der Waals surface area contributed by atoms with E-state index in [0.29, 0.717) is 6.54 Å². The van der Waals surface area contributed by atoms with E-state index in [4.69, 9.17) is 4.18 Å². The standard InChI is InChI=1S/C18H30N2O4S/c1-7-14(3)20(17(21)19-18(4,5)6)13-15-9-11-16(12-10-15)24-25(22,23)8-2/h9-12,14H,7-8,13H2,1-6H3,(H,19,21)/t14-/m1/s1. The third kappa shape index (κ3) is 7.34. The quantitative estimate of drug-likeness (QED) is 0.745. The number of amides is 2. The molecule has 0 radical (unpaired) electrons. The average molecular weight is 371 g/mol. The largest absolute Gasteiger partial charge is 0.382 e. The van der Waals surface area contributed by atoms with E-state index < -0.39 is 10.1 Å². The van der Waals surface area contributed by atoms with Gasteiger partial charge in [-0.3, -0.25) is 0 Å². The SMILES string of the molecule is CC[C@@H](C)N(Cc1ccc(OS(=O)(=O)CC)cc1)C(=O)NC(C)(C)C. The molecule has 0 fully saturated rings. The molecule has 0 saturated heterocycles. The lowest BCUT2D eigenvalue weighted by molar-refractivity contribution is 0.165. The predicted octanol–water partition coefficient (Wildman–Crippen LogP) is 3.52. The van der Waals surface area contributed by atoms with Gasteiger partial charge in [-0.15, -0.1) is 0 Å². The lowest BCUT2D eigenvalue weighted by Crippen LogP contribution is -2.50. The molecule has 1 N–H and O–H groups in total. The molecule has 0 unspecified atom stereocenters. The Labute approximate surface area is 151 Å². The Balaban J connectivity index is 2.89. The summed E-state index contributed by atoms with van der Waals surface area (Å²) in [6.07, 6.45) is 0.841. The number of urea groups is 1. The van der Waals surface area contributed by atoms with Crippen LogP contribution in [0.3, 0.4) is 0 Å². The molecule has 1 aromatic rings. The molecule has 0 aliphatic carbocycles. The summed E-state index contributed by atoms with van der Waals surface area (Å²) in [5.41, 5.74) is 0.597. The van der Waals surface area contributed by atoms with Crippen LogP contribution >= 0.6 is 0 Å². The van der Waals surface area contributed by atoms with E-state index >= 15 is 0 Å². The van der Waals surface area contributed by atoms with Crippen molar-refractivity contribution in [2.45, 2.75) is 66.1 Å². The molecule has 142 valence electrons. The number of hydrogen-bond acceptors (Lipinski definition) is 4. The molecule has 25 heavy (non-hydrogen) atoms. The van der Waals surface area contributed by atoms with Crippen molar-refractivity contribution in [1.82, 2.24) is 10.2 Å². The van der Waals surface area contributed by atoms with Crippen molar-refractivity contribution in [2.75, 3.05) is 5.75 Å². The second-order valence-electron chi connectivity index (χ2n) is 7.14. The van der Waals surface area contributed by atoms with Gasteiger partial charge in [-0.25, -0.2) is 4.79 Å².